The zero-order chi connectivity index (χ0) is 19.2. The highest BCUT2D eigenvalue weighted by Crippen LogP contribution is 2.17. The van der Waals surface area contributed by atoms with Crippen LogP contribution in [-0.4, -0.2) is 22.4 Å². The molecular weight excluding hydrogens is 336 g/mol. The Hall–Kier alpha value is -3.21. The molecule has 3 aromatic rings. The average Bonchev–Trinajstić information content (AvgIpc) is 2.67. The van der Waals surface area contributed by atoms with E-state index in [4.69, 9.17) is 0 Å². The first-order chi connectivity index (χ1) is 13.1. The van der Waals surface area contributed by atoms with Crippen molar-refractivity contribution in [2.75, 3.05) is 16.8 Å². The van der Waals surface area contributed by atoms with Gasteiger partial charge in [0.1, 0.15) is 5.69 Å². The molecule has 0 aliphatic heterocycles. The van der Waals surface area contributed by atoms with Crippen LogP contribution in [0.15, 0.2) is 60.7 Å². The van der Waals surface area contributed by atoms with Gasteiger partial charge >= 0.3 is 0 Å². The molecule has 27 heavy (non-hydrogen) atoms. The van der Waals surface area contributed by atoms with E-state index in [0.29, 0.717) is 24.7 Å². The minimum absolute atomic E-state index is 0.132. The molecule has 0 atom stereocenters. The summed E-state index contributed by atoms with van der Waals surface area (Å²) in [6.45, 7) is 7.06. The topological polar surface area (TPSA) is 58.1 Å². The Bertz CT molecular complexity index is 925. The molecule has 0 saturated heterocycles. The van der Waals surface area contributed by atoms with Crippen LogP contribution in [0.3, 0.4) is 0 Å². The first kappa shape index (κ1) is 18.6. The molecule has 0 spiro atoms. The van der Waals surface area contributed by atoms with E-state index in [1.807, 2.05) is 50.2 Å². The molecule has 2 aromatic carbocycles. The molecule has 1 heterocycles. The molecule has 0 bridgehead atoms. The maximum atomic E-state index is 13.0. The normalized spacial score (nSPS) is 10.5. The van der Waals surface area contributed by atoms with Crippen LogP contribution in [0, 0.1) is 13.8 Å². The van der Waals surface area contributed by atoms with E-state index in [0.717, 1.165) is 16.9 Å². The summed E-state index contributed by atoms with van der Waals surface area (Å²) in [6.07, 6.45) is 0. The number of benzene rings is 2. The van der Waals surface area contributed by atoms with E-state index in [9.17, 15) is 4.79 Å². The number of amides is 1. The Morgan fingerprint density at radius 2 is 1.78 bits per heavy atom. The van der Waals surface area contributed by atoms with Gasteiger partial charge in [0.25, 0.3) is 5.91 Å². The number of hydrogen-bond donors (Lipinski definition) is 1. The molecule has 138 valence electrons. The minimum Gasteiger partial charge on any atom is -0.350 e. The average molecular weight is 360 g/mol. The highest BCUT2D eigenvalue weighted by Gasteiger charge is 2.18. The summed E-state index contributed by atoms with van der Waals surface area (Å²) in [5.41, 5.74) is 4.35. The van der Waals surface area contributed by atoms with E-state index in [2.05, 4.69) is 40.4 Å². The lowest BCUT2D eigenvalue weighted by atomic mass is 10.1. The van der Waals surface area contributed by atoms with E-state index in [1.165, 1.54) is 5.56 Å². The molecule has 0 unspecified atom stereocenters. The first-order valence-electron chi connectivity index (χ1n) is 9.09. The molecule has 5 nitrogen and oxygen atoms in total. The lowest BCUT2D eigenvalue weighted by Gasteiger charge is -2.21. The molecule has 5 heteroatoms. The Morgan fingerprint density at radius 3 is 2.48 bits per heavy atom. The monoisotopic (exact) mass is 360 g/mol. The van der Waals surface area contributed by atoms with Crippen molar-refractivity contribution in [1.82, 2.24) is 9.97 Å². The Balaban J connectivity index is 1.80. The largest absolute Gasteiger partial charge is 0.350 e. The van der Waals surface area contributed by atoms with Crippen LogP contribution < -0.4 is 10.2 Å². The summed E-state index contributed by atoms with van der Waals surface area (Å²) < 4.78 is 0. The fourth-order valence-corrected chi connectivity index (χ4v) is 2.95. The quantitative estimate of drug-likeness (QED) is 0.709. The Kier molecular flexibility index (Phi) is 5.81. The number of nitrogens with zero attached hydrogens (tertiary/aromatic N) is 3. The van der Waals surface area contributed by atoms with E-state index >= 15 is 0 Å². The van der Waals surface area contributed by atoms with Gasteiger partial charge in [-0.05, 0) is 44.5 Å². The number of aryl methyl sites for hydroxylation is 2. The first-order valence-corrected chi connectivity index (χ1v) is 9.09. The van der Waals surface area contributed by atoms with Crippen molar-refractivity contribution >= 4 is 17.5 Å². The van der Waals surface area contributed by atoms with E-state index in [-0.39, 0.29) is 5.91 Å². The van der Waals surface area contributed by atoms with Crippen molar-refractivity contribution in [3.05, 3.63) is 83.2 Å². The van der Waals surface area contributed by atoms with Crippen molar-refractivity contribution in [2.45, 2.75) is 27.3 Å². The number of carbonyl (C=O) groups excluding carboxylic acids is 1. The van der Waals surface area contributed by atoms with Gasteiger partial charge in [0.05, 0.1) is 0 Å². The van der Waals surface area contributed by atoms with E-state index in [1.54, 1.807) is 11.0 Å². The maximum absolute atomic E-state index is 13.0. The molecule has 1 N–H and O–H groups in total. The second-order valence-electron chi connectivity index (χ2n) is 6.45. The number of nitrogens with one attached hydrogen (secondary N) is 1. The SMILES string of the molecule is CCN(C(=O)c1cc(C)nc(NCc2cccc(C)c2)n1)c1ccccc1. The molecular formula is C22H24N4O. The van der Waals surface area contributed by atoms with E-state index < -0.39 is 0 Å². The van der Waals surface area contributed by atoms with Crippen LogP contribution in [0.25, 0.3) is 0 Å². The minimum atomic E-state index is -0.132. The number of hydrogen-bond acceptors (Lipinski definition) is 4. The molecule has 3 rings (SSSR count). The second kappa shape index (κ2) is 8.45. The zero-order valence-electron chi connectivity index (χ0n) is 15.9. The fourth-order valence-electron chi connectivity index (χ4n) is 2.95. The van der Waals surface area contributed by atoms with Crippen molar-refractivity contribution in [2.24, 2.45) is 0 Å². The lowest BCUT2D eigenvalue weighted by molar-refractivity contribution is 0.0983. The molecule has 0 aliphatic rings. The zero-order valence-corrected chi connectivity index (χ0v) is 15.9. The highest BCUT2D eigenvalue weighted by molar-refractivity contribution is 6.04. The van der Waals surface area contributed by atoms with Gasteiger partial charge in [-0.15, -0.1) is 0 Å². The third-order valence-electron chi connectivity index (χ3n) is 4.24. The van der Waals surface area contributed by atoms with Gasteiger partial charge < -0.3 is 10.2 Å². The van der Waals surface area contributed by atoms with Gasteiger partial charge in [0, 0.05) is 24.5 Å². The Morgan fingerprint density at radius 1 is 1.00 bits per heavy atom. The number of aromatic nitrogens is 2. The summed E-state index contributed by atoms with van der Waals surface area (Å²) in [5, 5.41) is 3.23. The van der Waals surface area contributed by atoms with Crippen LogP contribution >= 0.6 is 0 Å². The number of carbonyl (C=O) groups is 1. The van der Waals surface area contributed by atoms with Gasteiger partial charge in [0.15, 0.2) is 0 Å². The van der Waals surface area contributed by atoms with Crippen LogP contribution in [0.2, 0.25) is 0 Å². The second-order valence-corrected chi connectivity index (χ2v) is 6.45. The van der Waals surface area contributed by atoms with Gasteiger partial charge in [-0.2, -0.15) is 0 Å². The molecule has 1 aromatic heterocycles. The number of rotatable bonds is 6. The third kappa shape index (κ3) is 4.70. The predicted molar refractivity (Wildman–Crippen MR) is 109 cm³/mol. The van der Waals surface area contributed by atoms with Gasteiger partial charge in [-0.1, -0.05) is 48.0 Å². The summed E-state index contributed by atoms with van der Waals surface area (Å²) in [5.74, 6) is 0.330. The summed E-state index contributed by atoms with van der Waals surface area (Å²) in [4.78, 5) is 23.6. The summed E-state index contributed by atoms with van der Waals surface area (Å²) in [7, 11) is 0. The third-order valence-corrected chi connectivity index (χ3v) is 4.24. The molecule has 0 radical (unpaired) electrons. The van der Waals surface area contributed by atoms with Crippen molar-refractivity contribution < 1.29 is 4.79 Å². The van der Waals surface area contributed by atoms with Gasteiger partial charge in [-0.3, -0.25) is 4.79 Å². The van der Waals surface area contributed by atoms with Crippen LogP contribution in [0.1, 0.15) is 34.2 Å². The van der Waals surface area contributed by atoms with Crippen LogP contribution in [0.5, 0.6) is 0 Å². The maximum Gasteiger partial charge on any atom is 0.277 e. The lowest BCUT2D eigenvalue weighted by Crippen LogP contribution is -2.31. The molecule has 0 saturated carbocycles. The van der Waals surface area contributed by atoms with Crippen molar-refractivity contribution in [1.29, 1.82) is 0 Å². The Labute approximate surface area is 160 Å². The summed E-state index contributed by atoms with van der Waals surface area (Å²) in [6, 6.07) is 19.6. The van der Waals surface area contributed by atoms with Gasteiger partial charge in [0.2, 0.25) is 5.95 Å². The fraction of sp³-hybridized carbons (Fsp3) is 0.227. The predicted octanol–water partition coefficient (Wildman–Crippen LogP) is 4.37. The van der Waals surface area contributed by atoms with Crippen LogP contribution in [0.4, 0.5) is 11.6 Å². The standard InChI is InChI=1S/C22H24N4O/c1-4-26(19-11-6-5-7-12-19)21(27)20-14-17(3)24-22(25-20)23-15-18-10-8-9-16(2)13-18/h5-14H,4,15H2,1-3H3,(H,23,24,25). The molecule has 0 aliphatic carbocycles. The number of anilines is 2. The molecule has 0 fully saturated rings. The smallest absolute Gasteiger partial charge is 0.277 e. The number of para-hydroxylation sites is 1. The highest BCUT2D eigenvalue weighted by atomic mass is 16.2. The summed E-state index contributed by atoms with van der Waals surface area (Å²) >= 11 is 0. The molecule has 1 amide bonds. The van der Waals surface area contributed by atoms with Gasteiger partial charge in [-0.25, -0.2) is 9.97 Å². The van der Waals surface area contributed by atoms with Crippen molar-refractivity contribution in [3.8, 4) is 0 Å². The van der Waals surface area contributed by atoms with Crippen molar-refractivity contribution in [3.63, 3.8) is 0 Å². The van der Waals surface area contributed by atoms with Crippen LogP contribution in [-0.2, 0) is 6.54 Å².